The Hall–Kier alpha value is -2.07. The molecule has 0 aromatic heterocycles. The molecule has 1 aliphatic rings. The number of hydrogen-bond acceptors (Lipinski definition) is 4. The Kier molecular flexibility index (Phi) is 6.84. The molecule has 0 heterocycles. The van der Waals surface area contributed by atoms with E-state index in [-0.39, 0.29) is 12.5 Å². The third-order valence-corrected chi connectivity index (χ3v) is 6.23. The summed E-state index contributed by atoms with van der Waals surface area (Å²) < 4.78 is 11.0. The van der Waals surface area contributed by atoms with Crippen molar-refractivity contribution in [2.45, 2.75) is 66.0 Å². The average Bonchev–Trinajstić information content (AvgIpc) is 2.68. The number of methoxy groups -OCH3 is 1. The topological polar surface area (TPSA) is 47.6 Å². The van der Waals surface area contributed by atoms with Gasteiger partial charge in [-0.15, -0.1) is 0 Å². The number of esters is 1. The molecule has 29 heavy (non-hydrogen) atoms. The van der Waals surface area contributed by atoms with E-state index in [4.69, 9.17) is 4.74 Å². The maximum atomic E-state index is 11.2. The SMILES string of the molecule is COC(=O)CNCc1ccc2cc(O[C@H]3CC[C@H](C(C)(C)C)CC3)cc(C)c2c1. The first kappa shape index (κ1) is 21.6. The molecule has 4 heteroatoms. The van der Waals surface area contributed by atoms with Crippen molar-refractivity contribution in [2.75, 3.05) is 13.7 Å². The van der Waals surface area contributed by atoms with E-state index in [1.54, 1.807) is 0 Å². The first-order valence-corrected chi connectivity index (χ1v) is 10.7. The molecule has 0 unspecified atom stereocenters. The number of aryl methyl sites for hydroxylation is 1. The molecule has 0 amide bonds. The third-order valence-electron chi connectivity index (χ3n) is 6.23. The molecule has 1 aliphatic carbocycles. The standard InChI is InChI=1S/C25H35NO3/c1-17-12-22(29-21-10-8-20(9-11-21)25(2,3)4)14-19-7-6-18(13-23(17)19)15-26-16-24(27)28-5/h6-7,12-14,20-21,26H,8-11,15-16H2,1-5H3/t20-,21-. The minimum atomic E-state index is -0.250. The summed E-state index contributed by atoms with van der Waals surface area (Å²) in [6, 6.07) is 10.7. The first-order valence-electron chi connectivity index (χ1n) is 10.7. The fraction of sp³-hybridized carbons (Fsp3) is 0.560. The molecule has 0 aliphatic heterocycles. The van der Waals surface area contributed by atoms with Crippen molar-refractivity contribution in [3.63, 3.8) is 0 Å². The van der Waals surface area contributed by atoms with Gasteiger partial charge in [-0.3, -0.25) is 4.79 Å². The minimum absolute atomic E-state index is 0.220. The summed E-state index contributed by atoms with van der Waals surface area (Å²) in [5, 5.41) is 5.54. The molecule has 2 aromatic rings. The van der Waals surface area contributed by atoms with Gasteiger partial charge in [0.05, 0.1) is 19.8 Å². The second-order valence-electron chi connectivity index (χ2n) is 9.43. The lowest BCUT2D eigenvalue weighted by atomic mass is 9.72. The van der Waals surface area contributed by atoms with E-state index in [1.165, 1.54) is 36.3 Å². The molecule has 3 rings (SSSR count). The molecular formula is C25H35NO3. The number of fused-ring (bicyclic) bond motifs is 1. The normalized spacial score (nSPS) is 19.9. The molecule has 1 N–H and O–H groups in total. The Morgan fingerprint density at radius 3 is 2.48 bits per heavy atom. The largest absolute Gasteiger partial charge is 0.490 e. The van der Waals surface area contributed by atoms with Crippen LogP contribution in [0.2, 0.25) is 0 Å². The molecule has 1 fully saturated rings. The summed E-state index contributed by atoms with van der Waals surface area (Å²) in [6.45, 7) is 10.1. The number of benzene rings is 2. The van der Waals surface area contributed by atoms with Crippen LogP contribution in [0.25, 0.3) is 10.8 Å². The van der Waals surface area contributed by atoms with Crippen molar-refractivity contribution in [2.24, 2.45) is 11.3 Å². The van der Waals surface area contributed by atoms with Gasteiger partial charge in [0.2, 0.25) is 0 Å². The van der Waals surface area contributed by atoms with E-state index in [0.717, 1.165) is 30.1 Å². The van der Waals surface area contributed by atoms with Gasteiger partial charge in [0.1, 0.15) is 5.75 Å². The van der Waals surface area contributed by atoms with E-state index in [2.05, 4.69) is 68.1 Å². The highest BCUT2D eigenvalue weighted by atomic mass is 16.5. The Balaban J connectivity index is 1.64. The van der Waals surface area contributed by atoms with E-state index in [0.29, 0.717) is 18.1 Å². The lowest BCUT2D eigenvalue weighted by Gasteiger charge is -2.37. The van der Waals surface area contributed by atoms with E-state index in [1.807, 2.05) is 0 Å². The Morgan fingerprint density at radius 1 is 1.10 bits per heavy atom. The molecule has 1 saturated carbocycles. The minimum Gasteiger partial charge on any atom is -0.490 e. The number of hydrogen-bond donors (Lipinski definition) is 1. The Labute approximate surface area is 175 Å². The van der Waals surface area contributed by atoms with Gasteiger partial charge in [-0.05, 0) is 84.0 Å². The van der Waals surface area contributed by atoms with Crippen LogP contribution >= 0.6 is 0 Å². The number of carbonyl (C=O) groups is 1. The maximum absolute atomic E-state index is 11.2. The molecule has 0 saturated heterocycles. The molecular weight excluding hydrogens is 362 g/mol. The van der Waals surface area contributed by atoms with Gasteiger partial charge < -0.3 is 14.8 Å². The van der Waals surface area contributed by atoms with Crippen molar-refractivity contribution in [1.82, 2.24) is 5.32 Å². The van der Waals surface area contributed by atoms with Crippen molar-refractivity contribution >= 4 is 16.7 Å². The zero-order chi connectivity index (χ0) is 21.0. The van der Waals surface area contributed by atoms with Crippen molar-refractivity contribution < 1.29 is 14.3 Å². The molecule has 0 bridgehead atoms. The molecule has 2 aromatic carbocycles. The van der Waals surface area contributed by atoms with Crippen LogP contribution in [0, 0.1) is 18.3 Å². The number of nitrogens with one attached hydrogen (secondary N) is 1. The van der Waals surface area contributed by atoms with Gasteiger partial charge in [0.25, 0.3) is 0 Å². The average molecular weight is 398 g/mol. The zero-order valence-electron chi connectivity index (χ0n) is 18.5. The predicted molar refractivity (Wildman–Crippen MR) is 118 cm³/mol. The Morgan fingerprint density at radius 2 is 1.83 bits per heavy atom. The highest BCUT2D eigenvalue weighted by molar-refractivity contribution is 5.87. The van der Waals surface area contributed by atoms with Crippen LogP contribution in [-0.2, 0) is 16.1 Å². The number of ether oxygens (including phenoxy) is 2. The van der Waals surface area contributed by atoms with Gasteiger partial charge in [-0.1, -0.05) is 32.9 Å². The summed E-state index contributed by atoms with van der Waals surface area (Å²) in [4.78, 5) is 11.2. The van der Waals surface area contributed by atoms with Crippen LogP contribution in [0.15, 0.2) is 30.3 Å². The van der Waals surface area contributed by atoms with Crippen molar-refractivity contribution in [1.29, 1.82) is 0 Å². The van der Waals surface area contributed by atoms with Crippen LogP contribution in [0.5, 0.6) is 5.75 Å². The van der Waals surface area contributed by atoms with Crippen LogP contribution in [-0.4, -0.2) is 25.7 Å². The predicted octanol–water partition coefficient (Wildman–Crippen LogP) is 5.39. The molecule has 0 atom stereocenters. The van der Waals surface area contributed by atoms with Gasteiger partial charge in [0.15, 0.2) is 0 Å². The van der Waals surface area contributed by atoms with E-state index >= 15 is 0 Å². The van der Waals surface area contributed by atoms with Crippen LogP contribution in [0.3, 0.4) is 0 Å². The van der Waals surface area contributed by atoms with Crippen molar-refractivity contribution in [3.8, 4) is 5.75 Å². The Bertz CT molecular complexity index is 845. The maximum Gasteiger partial charge on any atom is 0.319 e. The van der Waals surface area contributed by atoms with Gasteiger partial charge in [0, 0.05) is 6.54 Å². The summed E-state index contributed by atoms with van der Waals surface area (Å²) in [5.74, 6) is 1.53. The molecule has 0 spiro atoms. The number of carbonyl (C=O) groups excluding carboxylic acids is 1. The summed E-state index contributed by atoms with van der Waals surface area (Å²) in [5.41, 5.74) is 2.77. The van der Waals surface area contributed by atoms with Gasteiger partial charge in [-0.25, -0.2) is 0 Å². The third kappa shape index (κ3) is 5.72. The van der Waals surface area contributed by atoms with Crippen molar-refractivity contribution in [3.05, 3.63) is 41.5 Å². The molecule has 4 nitrogen and oxygen atoms in total. The monoisotopic (exact) mass is 397 g/mol. The fourth-order valence-corrected chi connectivity index (χ4v) is 4.36. The van der Waals surface area contributed by atoms with Crippen LogP contribution < -0.4 is 10.1 Å². The summed E-state index contributed by atoms with van der Waals surface area (Å²) >= 11 is 0. The summed E-state index contributed by atoms with van der Waals surface area (Å²) in [6.07, 6.45) is 5.12. The lowest BCUT2D eigenvalue weighted by Crippen LogP contribution is -2.30. The highest BCUT2D eigenvalue weighted by Gasteiger charge is 2.30. The first-order chi connectivity index (χ1) is 13.8. The zero-order valence-corrected chi connectivity index (χ0v) is 18.5. The summed E-state index contributed by atoms with van der Waals surface area (Å²) in [7, 11) is 1.40. The van der Waals surface area contributed by atoms with Gasteiger partial charge in [-0.2, -0.15) is 0 Å². The lowest BCUT2D eigenvalue weighted by molar-refractivity contribution is -0.139. The molecule has 158 valence electrons. The van der Waals surface area contributed by atoms with E-state index in [9.17, 15) is 4.79 Å². The van der Waals surface area contributed by atoms with Gasteiger partial charge >= 0.3 is 5.97 Å². The fourth-order valence-electron chi connectivity index (χ4n) is 4.36. The smallest absolute Gasteiger partial charge is 0.319 e. The highest BCUT2D eigenvalue weighted by Crippen LogP contribution is 2.39. The molecule has 0 radical (unpaired) electrons. The second kappa shape index (κ2) is 9.17. The second-order valence-corrected chi connectivity index (χ2v) is 9.43. The van der Waals surface area contributed by atoms with E-state index < -0.39 is 0 Å². The quantitative estimate of drug-likeness (QED) is 0.664. The number of rotatable bonds is 6. The van der Waals surface area contributed by atoms with Crippen LogP contribution in [0.4, 0.5) is 0 Å². The van der Waals surface area contributed by atoms with Crippen LogP contribution in [0.1, 0.15) is 57.6 Å².